The van der Waals surface area contributed by atoms with Gasteiger partial charge in [-0.25, -0.2) is 0 Å². The summed E-state index contributed by atoms with van der Waals surface area (Å²) in [6.07, 6.45) is 5.59. The first kappa shape index (κ1) is 9.01. The Labute approximate surface area is 70.0 Å². The summed E-state index contributed by atoms with van der Waals surface area (Å²) in [4.78, 5) is 2.49. The maximum absolute atomic E-state index is 3.25. The van der Waals surface area contributed by atoms with Gasteiger partial charge in [-0.3, -0.25) is 0 Å². The molecule has 1 atom stereocenters. The Balaban J connectivity index is 2.32. The fourth-order valence-corrected chi connectivity index (χ4v) is 1.81. The average molecular weight is 156 g/mol. The summed E-state index contributed by atoms with van der Waals surface area (Å²) in [5.74, 6) is 0. The SMILES string of the molecule is CNCC1CCCCCN1C. The third-order valence-corrected chi connectivity index (χ3v) is 2.61. The lowest BCUT2D eigenvalue weighted by Gasteiger charge is -2.25. The number of rotatable bonds is 2. The first-order valence-corrected chi connectivity index (χ1v) is 4.69. The largest absolute Gasteiger partial charge is 0.318 e. The minimum atomic E-state index is 0.780. The molecule has 11 heavy (non-hydrogen) atoms. The van der Waals surface area contributed by atoms with Gasteiger partial charge in [0.1, 0.15) is 0 Å². The Morgan fingerprint density at radius 1 is 1.36 bits per heavy atom. The highest BCUT2D eigenvalue weighted by Crippen LogP contribution is 2.13. The molecule has 0 aromatic rings. The van der Waals surface area contributed by atoms with Crippen LogP contribution < -0.4 is 5.32 Å². The molecule has 2 nitrogen and oxygen atoms in total. The van der Waals surface area contributed by atoms with Gasteiger partial charge in [0.2, 0.25) is 0 Å². The van der Waals surface area contributed by atoms with Crippen LogP contribution in [0.2, 0.25) is 0 Å². The highest BCUT2D eigenvalue weighted by molar-refractivity contribution is 4.73. The van der Waals surface area contributed by atoms with E-state index >= 15 is 0 Å². The number of hydrogen-bond acceptors (Lipinski definition) is 2. The van der Waals surface area contributed by atoms with Crippen molar-refractivity contribution in [3.05, 3.63) is 0 Å². The second kappa shape index (κ2) is 4.73. The van der Waals surface area contributed by atoms with E-state index in [4.69, 9.17) is 0 Å². The predicted octanol–water partition coefficient (Wildman–Crippen LogP) is 1.08. The Morgan fingerprint density at radius 2 is 2.18 bits per heavy atom. The van der Waals surface area contributed by atoms with Gasteiger partial charge < -0.3 is 10.2 Å². The van der Waals surface area contributed by atoms with Gasteiger partial charge in [0.25, 0.3) is 0 Å². The monoisotopic (exact) mass is 156 g/mol. The molecule has 1 unspecified atom stereocenters. The molecule has 1 fully saturated rings. The standard InChI is InChI=1S/C9H20N2/c1-10-8-9-6-4-3-5-7-11(9)2/h9-10H,3-8H2,1-2H3. The molecule has 2 heteroatoms. The van der Waals surface area contributed by atoms with Crippen LogP contribution in [0, 0.1) is 0 Å². The van der Waals surface area contributed by atoms with Gasteiger partial charge in [-0.05, 0) is 33.5 Å². The zero-order valence-corrected chi connectivity index (χ0v) is 7.77. The van der Waals surface area contributed by atoms with E-state index in [2.05, 4.69) is 17.3 Å². The maximum Gasteiger partial charge on any atom is 0.0217 e. The molecular weight excluding hydrogens is 136 g/mol. The average Bonchev–Trinajstić information content (AvgIpc) is 2.18. The second-order valence-electron chi connectivity index (χ2n) is 3.54. The minimum absolute atomic E-state index is 0.780. The molecule has 0 saturated carbocycles. The number of likely N-dealkylation sites (tertiary alicyclic amines) is 1. The Hall–Kier alpha value is -0.0800. The molecule has 1 heterocycles. The van der Waals surface area contributed by atoms with Gasteiger partial charge in [-0.15, -0.1) is 0 Å². The molecule has 0 amide bonds. The van der Waals surface area contributed by atoms with Crippen molar-refractivity contribution in [3.63, 3.8) is 0 Å². The molecule has 0 radical (unpaired) electrons. The topological polar surface area (TPSA) is 15.3 Å². The van der Waals surface area contributed by atoms with Crippen molar-refractivity contribution in [3.8, 4) is 0 Å². The van der Waals surface area contributed by atoms with Crippen LogP contribution in [0.25, 0.3) is 0 Å². The normalized spacial score (nSPS) is 28.4. The summed E-state index contributed by atoms with van der Waals surface area (Å²) < 4.78 is 0. The van der Waals surface area contributed by atoms with Crippen LogP contribution in [-0.4, -0.2) is 38.1 Å². The zero-order chi connectivity index (χ0) is 8.10. The molecule has 0 aliphatic carbocycles. The van der Waals surface area contributed by atoms with Crippen molar-refractivity contribution in [1.82, 2.24) is 10.2 Å². The molecule has 1 saturated heterocycles. The van der Waals surface area contributed by atoms with Gasteiger partial charge in [0.15, 0.2) is 0 Å². The summed E-state index contributed by atoms with van der Waals surface area (Å²) in [7, 11) is 4.28. The lowest BCUT2D eigenvalue weighted by molar-refractivity contribution is 0.243. The van der Waals surface area contributed by atoms with Crippen molar-refractivity contribution in [2.75, 3.05) is 27.2 Å². The molecule has 0 spiro atoms. The van der Waals surface area contributed by atoms with E-state index in [-0.39, 0.29) is 0 Å². The first-order chi connectivity index (χ1) is 5.34. The number of nitrogens with one attached hydrogen (secondary N) is 1. The van der Waals surface area contributed by atoms with Crippen molar-refractivity contribution in [2.24, 2.45) is 0 Å². The molecular formula is C9H20N2. The minimum Gasteiger partial charge on any atom is -0.318 e. The number of hydrogen-bond donors (Lipinski definition) is 1. The summed E-state index contributed by atoms with van der Waals surface area (Å²) >= 11 is 0. The summed E-state index contributed by atoms with van der Waals surface area (Å²) in [6.45, 7) is 2.43. The van der Waals surface area contributed by atoms with E-state index in [0.29, 0.717) is 0 Å². The lowest BCUT2D eigenvalue weighted by Crippen LogP contribution is -2.38. The van der Waals surface area contributed by atoms with Crippen molar-refractivity contribution in [2.45, 2.75) is 31.7 Å². The van der Waals surface area contributed by atoms with Crippen LogP contribution in [0.4, 0.5) is 0 Å². The Kier molecular flexibility index (Phi) is 3.87. The third kappa shape index (κ3) is 2.80. The molecule has 0 aromatic heterocycles. The van der Waals surface area contributed by atoms with Crippen LogP contribution in [0.15, 0.2) is 0 Å². The van der Waals surface area contributed by atoms with Crippen LogP contribution in [0.5, 0.6) is 0 Å². The highest BCUT2D eigenvalue weighted by Gasteiger charge is 2.15. The number of nitrogens with zero attached hydrogens (tertiary/aromatic N) is 1. The van der Waals surface area contributed by atoms with Crippen molar-refractivity contribution < 1.29 is 0 Å². The first-order valence-electron chi connectivity index (χ1n) is 4.69. The zero-order valence-electron chi connectivity index (χ0n) is 7.77. The van der Waals surface area contributed by atoms with Gasteiger partial charge in [0.05, 0.1) is 0 Å². The van der Waals surface area contributed by atoms with E-state index < -0.39 is 0 Å². The summed E-state index contributed by atoms with van der Waals surface area (Å²) in [5, 5.41) is 3.25. The summed E-state index contributed by atoms with van der Waals surface area (Å²) in [5.41, 5.74) is 0. The molecule has 0 bridgehead atoms. The summed E-state index contributed by atoms with van der Waals surface area (Å²) in [6, 6.07) is 0.780. The van der Waals surface area contributed by atoms with Gasteiger partial charge in [-0.1, -0.05) is 12.8 Å². The number of likely N-dealkylation sites (N-methyl/N-ethyl adjacent to an activating group) is 2. The third-order valence-electron chi connectivity index (χ3n) is 2.61. The lowest BCUT2D eigenvalue weighted by atomic mass is 10.1. The molecule has 1 N–H and O–H groups in total. The molecule has 1 rings (SSSR count). The fourth-order valence-electron chi connectivity index (χ4n) is 1.81. The molecule has 0 aromatic carbocycles. The Morgan fingerprint density at radius 3 is 2.91 bits per heavy atom. The van der Waals surface area contributed by atoms with Gasteiger partial charge >= 0.3 is 0 Å². The van der Waals surface area contributed by atoms with Crippen LogP contribution in [0.1, 0.15) is 25.7 Å². The molecule has 66 valence electrons. The van der Waals surface area contributed by atoms with Crippen molar-refractivity contribution >= 4 is 0 Å². The fraction of sp³-hybridized carbons (Fsp3) is 1.00. The van der Waals surface area contributed by atoms with E-state index in [1.165, 1.54) is 32.2 Å². The van der Waals surface area contributed by atoms with Crippen LogP contribution in [-0.2, 0) is 0 Å². The van der Waals surface area contributed by atoms with E-state index in [1.54, 1.807) is 0 Å². The second-order valence-corrected chi connectivity index (χ2v) is 3.54. The highest BCUT2D eigenvalue weighted by atomic mass is 15.1. The smallest absolute Gasteiger partial charge is 0.0217 e. The van der Waals surface area contributed by atoms with E-state index in [1.807, 2.05) is 7.05 Å². The predicted molar refractivity (Wildman–Crippen MR) is 48.8 cm³/mol. The van der Waals surface area contributed by atoms with E-state index in [0.717, 1.165) is 12.6 Å². The van der Waals surface area contributed by atoms with Gasteiger partial charge in [0, 0.05) is 12.6 Å². The van der Waals surface area contributed by atoms with Crippen LogP contribution >= 0.6 is 0 Å². The van der Waals surface area contributed by atoms with E-state index in [9.17, 15) is 0 Å². The Bertz CT molecular complexity index is 104. The van der Waals surface area contributed by atoms with Crippen molar-refractivity contribution in [1.29, 1.82) is 0 Å². The van der Waals surface area contributed by atoms with Crippen LogP contribution in [0.3, 0.4) is 0 Å². The quantitative estimate of drug-likeness (QED) is 0.643. The molecule has 1 aliphatic heterocycles. The maximum atomic E-state index is 3.25. The molecule has 1 aliphatic rings. The van der Waals surface area contributed by atoms with Gasteiger partial charge in [-0.2, -0.15) is 0 Å².